The largest absolute Gasteiger partial charge is 0.508 e. The number of fused-ring (bicyclic) bond motifs is 4. The molecule has 5 fully saturated rings. The van der Waals surface area contributed by atoms with E-state index in [1.54, 1.807) is 29.7 Å². The number of thiazole rings is 1. The first-order chi connectivity index (χ1) is 39.7. The molecule has 5 aliphatic heterocycles. The normalized spacial score (nSPS) is 22.4. The van der Waals surface area contributed by atoms with Gasteiger partial charge in [-0.25, -0.2) is 9.37 Å². The molecule has 0 spiro atoms. The minimum Gasteiger partial charge on any atom is -0.508 e. The number of carbonyl (C=O) groups excluding carboxylic acids is 2. The quantitative estimate of drug-likeness (QED) is 0.0681. The maximum absolute atomic E-state index is 17.2. The van der Waals surface area contributed by atoms with Crippen LogP contribution < -0.4 is 25.2 Å². The van der Waals surface area contributed by atoms with Crippen molar-refractivity contribution in [3.05, 3.63) is 101 Å². The summed E-state index contributed by atoms with van der Waals surface area (Å²) in [5.41, 5.74) is 6.67. The van der Waals surface area contributed by atoms with Crippen LogP contribution in [0.4, 0.5) is 16.0 Å². The van der Waals surface area contributed by atoms with Gasteiger partial charge in [-0.3, -0.25) is 24.4 Å². The number of aromatic hydroxyl groups is 1. The van der Waals surface area contributed by atoms with Gasteiger partial charge in [0.2, 0.25) is 11.8 Å². The lowest BCUT2D eigenvalue weighted by Gasteiger charge is -2.39. The second-order valence-corrected chi connectivity index (χ2v) is 24.5. The predicted molar refractivity (Wildman–Crippen MR) is 316 cm³/mol. The number of ether oxygens (including phenoxy) is 1. The third kappa shape index (κ3) is 11.5. The Hall–Kier alpha value is -6.84. The second kappa shape index (κ2) is 23.8. The Morgan fingerprint density at radius 3 is 2.46 bits per heavy atom. The van der Waals surface area contributed by atoms with Gasteiger partial charge in [-0.15, -0.1) is 11.3 Å². The molecule has 9 heterocycles. The summed E-state index contributed by atoms with van der Waals surface area (Å²) < 4.78 is 29.6. The number of amides is 2. The number of aliphatic hydroxyl groups excluding tert-OH is 1. The zero-order chi connectivity index (χ0) is 56.8. The second-order valence-electron chi connectivity index (χ2n) is 23.7. The molecule has 5 aliphatic rings. The molecule has 7 atom stereocenters. The Morgan fingerprint density at radius 1 is 0.927 bits per heavy atom. The predicted octanol–water partition coefficient (Wildman–Crippen LogP) is 8.10. The van der Waals surface area contributed by atoms with Gasteiger partial charge in [0.25, 0.3) is 0 Å². The number of aliphatic hydroxyl groups is 1. The summed E-state index contributed by atoms with van der Waals surface area (Å²) in [4.78, 5) is 59.3. The van der Waals surface area contributed by atoms with Gasteiger partial charge >= 0.3 is 6.01 Å². The van der Waals surface area contributed by atoms with E-state index in [2.05, 4.69) is 47.3 Å². The van der Waals surface area contributed by atoms with Crippen LogP contribution in [0.1, 0.15) is 94.3 Å². The van der Waals surface area contributed by atoms with Crippen LogP contribution in [-0.4, -0.2) is 165 Å². The van der Waals surface area contributed by atoms with Crippen LogP contribution in [0.3, 0.4) is 0 Å². The van der Waals surface area contributed by atoms with E-state index >= 15 is 4.39 Å². The van der Waals surface area contributed by atoms with Crippen molar-refractivity contribution in [2.75, 3.05) is 88.4 Å². The number of pyridine rings is 1. The summed E-state index contributed by atoms with van der Waals surface area (Å²) in [5.74, 6) is 0.330. The number of piperidine rings is 1. The third-order valence-electron chi connectivity index (χ3n) is 17.7. The van der Waals surface area contributed by atoms with E-state index in [9.17, 15) is 19.8 Å². The first kappa shape index (κ1) is 55.7. The van der Waals surface area contributed by atoms with Crippen molar-refractivity contribution >= 4 is 56.5 Å². The average molecular weight is 1140 g/mol. The highest BCUT2D eigenvalue weighted by Crippen LogP contribution is 2.40. The summed E-state index contributed by atoms with van der Waals surface area (Å²) in [6.07, 6.45) is 6.14. The number of aromatic nitrogens is 5. The lowest BCUT2D eigenvalue weighted by atomic mass is 9.91. The van der Waals surface area contributed by atoms with Crippen molar-refractivity contribution in [2.24, 2.45) is 11.8 Å². The van der Waals surface area contributed by atoms with Crippen LogP contribution in [0, 0.1) is 24.6 Å². The number of phenolic OH excluding ortho intramolecular Hbond substituents is 1. The fourth-order valence-corrected chi connectivity index (χ4v) is 14.3. The molecule has 4 aromatic heterocycles. The van der Waals surface area contributed by atoms with Gasteiger partial charge in [-0.2, -0.15) is 9.97 Å². The van der Waals surface area contributed by atoms with Crippen LogP contribution in [0.15, 0.2) is 76.9 Å². The van der Waals surface area contributed by atoms with Crippen molar-refractivity contribution in [1.29, 1.82) is 0 Å². The highest BCUT2D eigenvalue weighted by atomic mass is 32.1. The molecule has 2 amide bonds. The minimum atomic E-state index is -0.823. The maximum atomic E-state index is 17.2. The van der Waals surface area contributed by atoms with Crippen molar-refractivity contribution in [3.63, 3.8) is 0 Å². The van der Waals surface area contributed by atoms with Gasteiger partial charge in [0.05, 0.1) is 33.6 Å². The highest BCUT2D eigenvalue weighted by Gasteiger charge is 2.44. The van der Waals surface area contributed by atoms with Crippen LogP contribution in [-0.2, 0) is 16.0 Å². The van der Waals surface area contributed by atoms with Crippen LogP contribution >= 0.6 is 11.3 Å². The summed E-state index contributed by atoms with van der Waals surface area (Å²) >= 11 is 1.59. The molecule has 0 radical (unpaired) electrons. The number of rotatable bonds is 17. The van der Waals surface area contributed by atoms with Crippen LogP contribution in [0.25, 0.3) is 43.4 Å². The van der Waals surface area contributed by atoms with Gasteiger partial charge in [0, 0.05) is 102 Å². The standard InChI is InChI=1S/C62H75FN12O6S/c1-6-40-10-7-11-43-25-46(76)26-48(54(40)43)56-55(63)57-49(29-64-56)59(74-32-44-16-17-45(33-74)67-44)69-62(68-57)80-24-23-71-18-8-9-39(30-71)31-72-19-21-73(22-20-72)52-28-51(81-70-52)53(36(2)3)61(79)75-34-47(77)27-50(75)60(78)66-37(4)41-12-14-42(15-13-41)58-38(5)65-35-82-58/h7,10-15,25-26,28-29,35-37,39,44-45,47,50,53,67,76-77H,6,8-9,16-24,27,30-34H2,1-5H3,(H,66,78)/t37?,39-,44?,45?,47-,50+,53?/m1/s1. The van der Waals surface area contributed by atoms with Crippen LogP contribution in [0.5, 0.6) is 11.8 Å². The number of nitrogens with one attached hydrogen (secondary N) is 2. The maximum Gasteiger partial charge on any atom is 0.319 e. The summed E-state index contributed by atoms with van der Waals surface area (Å²) in [7, 11) is 0. The molecular formula is C62H75FN12O6S. The Labute approximate surface area is 482 Å². The fraction of sp³-hybridized carbons (Fsp3) is 0.500. The Bertz CT molecular complexity index is 3430. The SMILES string of the molecule is CCc1cccc2cc(O)cc(-c3ncc4c(N5CC6CCC(C5)N6)nc(OCCN5CCC[C@@H](CN6CCN(c7cc(C(C(=O)N8C[C@H](O)C[C@H]8C(=O)NC(C)c8ccc(-c9scnc9C)cc8)C(C)C)on7)CC6)C5)nc4c3F)c12. The smallest absolute Gasteiger partial charge is 0.319 e. The molecule has 5 saturated heterocycles. The van der Waals surface area contributed by atoms with Crippen molar-refractivity contribution < 1.29 is 33.5 Å². The van der Waals surface area contributed by atoms with Gasteiger partial charge in [-0.1, -0.05) is 68.4 Å². The van der Waals surface area contributed by atoms with Gasteiger partial charge in [0.15, 0.2) is 17.4 Å². The van der Waals surface area contributed by atoms with E-state index in [1.165, 1.54) is 4.90 Å². The number of hydrogen-bond donors (Lipinski definition) is 4. The topological polar surface area (TPSA) is 202 Å². The van der Waals surface area contributed by atoms with E-state index in [1.807, 2.05) is 81.7 Å². The molecule has 0 aliphatic carbocycles. The molecule has 18 nitrogen and oxygen atoms in total. The first-order valence-electron chi connectivity index (χ1n) is 29.5. The van der Waals surface area contributed by atoms with Crippen molar-refractivity contribution in [3.8, 4) is 33.5 Å². The zero-order valence-electron chi connectivity index (χ0n) is 47.6. The molecular weight excluding hydrogens is 1060 g/mol. The monoisotopic (exact) mass is 1130 g/mol. The number of anilines is 2. The molecule has 432 valence electrons. The van der Waals surface area contributed by atoms with E-state index in [0.717, 1.165) is 129 Å². The Balaban J connectivity index is 0.656. The molecule has 4 N–H and O–H groups in total. The van der Waals surface area contributed by atoms with E-state index < -0.39 is 23.9 Å². The Morgan fingerprint density at radius 2 is 1.72 bits per heavy atom. The number of benzene rings is 3. The molecule has 2 bridgehead atoms. The minimum absolute atomic E-state index is 0.0427. The van der Waals surface area contributed by atoms with E-state index in [4.69, 9.17) is 24.2 Å². The van der Waals surface area contributed by atoms with Gasteiger partial charge < -0.3 is 44.8 Å². The summed E-state index contributed by atoms with van der Waals surface area (Å²) in [5, 5.41) is 35.1. The zero-order valence-corrected chi connectivity index (χ0v) is 48.4. The summed E-state index contributed by atoms with van der Waals surface area (Å²) in [6.45, 7) is 18.6. The van der Waals surface area contributed by atoms with Crippen molar-refractivity contribution in [2.45, 2.75) is 109 Å². The number of halogens is 1. The molecule has 3 aromatic carbocycles. The number of piperazine rings is 2. The lowest BCUT2D eigenvalue weighted by molar-refractivity contribution is -0.141. The highest BCUT2D eigenvalue weighted by molar-refractivity contribution is 7.13. The fourth-order valence-electron chi connectivity index (χ4n) is 13.4. The molecule has 12 rings (SSSR count). The number of likely N-dealkylation sites (tertiary alicyclic amines) is 2. The van der Waals surface area contributed by atoms with E-state index in [-0.39, 0.29) is 59.7 Å². The first-order valence-corrected chi connectivity index (χ1v) is 30.3. The number of aryl methyl sites for hydroxylation is 2. The number of carbonyl (C=O) groups is 2. The molecule has 7 aromatic rings. The molecule has 4 unspecified atom stereocenters. The Kier molecular flexibility index (Phi) is 16.2. The lowest BCUT2D eigenvalue weighted by Crippen LogP contribution is -2.51. The van der Waals surface area contributed by atoms with Crippen LogP contribution in [0.2, 0.25) is 0 Å². The van der Waals surface area contributed by atoms with E-state index in [0.29, 0.717) is 59.5 Å². The molecule has 82 heavy (non-hydrogen) atoms. The summed E-state index contributed by atoms with van der Waals surface area (Å²) in [6, 6.07) is 18.8. The number of phenols is 1. The van der Waals surface area contributed by atoms with Crippen molar-refractivity contribution in [1.82, 2.24) is 50.4 Å². The van der Waals surface area contributed by atoms with Gasteiger partial charge in [-0.05, 0) is 104 Å². The average Bonchev–Trinajstić information content (AvgIpc) is 4.38. The third-order valence-corrected chi connectivity index (χ3v) is 18.7. The number of nitrogens with zero attached hydrogens (tertiary/aromatic N) is 10. The molecule has 0 saturated carbocycles. The molecule has 20 heteroatoms. The number of hydrogen-bond acceptors (Lipinski definition) is 17. The van der Waals surface area contributed by atoms with Gasteiger partial charge in [0.1, 0.15) is 41.3 Å². The number of β-amino-alcohol motifs (C(OH)–C–C–N with tert-alkyl or cyclic N) is 1.